The van der Waals surface area contributed by atoms with Gasteiger partial charge in [0.25, 0.3) is 0 Å². The number of carboxylic acids is 1. The molecule has 1 aliphatic rings. The van der Waals surface area contributed by atoms with Gasteiger partial charge in [-0.15, -0.1) is 0 Å². The van der Waals surface area contributed by atoms with E-state index in [4.69, 9.17) is 20.7 Å². The SMILES string of the molecule is CC(N=c1nc(N)ccn1C1OC(CO)C(O)C1O)C(=O)O. The van der Waals surface area contributed by atoms with Gasteiger partial charge in [0.15, 0.2) is 6.23 Å². The number of rotatable bonds is 4. The number of anilines is 1. The maximum Gasteiger partial charge on any atom is 0.328 e. The molecule has 0 radical (unpaired) electrons. The van der Waals surface area contributed by atoms with Crippen LogP contribution in [-0.4, -0.2) is 66.9 Å². The predicted octanol–water partition coefficient (Wildman–Crippen LogP) is -2.55. The van der Waals surface area contributed by atoms with Crippen molar-refractivity contribution in [2.45, 2.75) is 37.5 Å². The summed E-state index contributed by atoms with van der Waals surface area (Å²) < 4.78 is 6.63. The van der Waals surface area contributed by atoms with Gasteiger partial charge in [-0.1, -0.05) is 0 Å². The number of ether oxygens (including phenoxy) is 1. The van der Waals surface area contributed by atoms with Crippen LogP contribution in [0, 0.1) is 0 Å². The van der Waals surface area contributed by atoms with Crippen LogP contribution in [0.25, 0.3) is 0 Å². The minimum atomic E-state index is -1.33. The van der Waals surface area contributed by atoms with Gasteiger partial charge < -0.3 is 30.9 Å². The molecule has 1 aromatic rings. The second-order valence-electron chi connectivity index (χ2n) is 4.93. The van der Waals surface area contributed by atoms with Crippen LogP contribution in [-0.2, 0) is 9.53 Å². The van der Waals surface area contributed by atoms with Gasteiger partial charge in [-0.05, 0) is 13.0 Å². The lowest BCUT2D eigenvalue weighted by molar-refractivity contribution is -0.138. The average Bonchev–Trinajstić information content (AvgIpc) is 2.75. The molecule has 1 fully saturated rings. The van der Waals surface area contributed by atoms with Crippen LogP contribution in [0.5, 0.6) is 0 Å². The molecule has 0 saturated carbocycles. The van der Waals surface area contributed by atoms with Crippen LogP contribution in [0.3, 0.4) is 0 Å². The molecular weight excluding hydrogens is 296 g/mol. The quantitative estimate of drug-likeness (QED) is 0.405. The van der Waals surface area contributed by atoms with Crippen LogP contribution in [0.4, 0.5) is 5.82 Å². The zero-order valence-corrected chi connectivity index (χ0v) is 11.8. The van der Waals surface area contributed by atoms with E-state index in [1.807, 2.05) is 0 Å². The van der Waals surface area contributed by atoms with Crippen LogP contribution >= 0.6 is 0 Å². The number of aromatic nitrogens is 2. The molecule has 1 aromatic heterocycles. The highest BCUT2D eigenvalue weighted by Crippen LogP contribution is 2.28. The van der Waals surface area contributed by atoms with E-state index in [0.29, 0.717) is 0 Å². The van der Waals surface area contributed by atoms with Gasteiger partial charge in [-0.25, -0.2) is 9.79 Å². The maximum atomic E-state index is 10.9. The number of nitrogens with two attached hydrogens (primary N) is 1. The Morgan fingerprint density at radius 2 is 2.23 bits per heavy atom. The molecule has 22 heavy (non-hydrogen) atoms. The first-order valence-corrected chi connectivity index (χ1v) is 6.59. The number of carbonyl (C=O) groups is 1. The Morgan fingerprint density at radius 3 is 2.77 bits per heavy atom. The monoisotopic (exact) mass is 314 g/mol. The molecule has 2 heterocycles. The molecular formula is C12H18N4O6. The fourth-order valence-electron chi connectivity index (χ4n) is 2.07. The molecule has 0 bridgehead atoms. The number of carboxylic acid groups (broad SMARTS) is 1. The van der Waals surface area contributed by atoms with Crippen molar-refractivity contribution in [3.63, 3.8) is 0 Å². The van der Waals surface area contributed by atoms with Gasteiger partial charge in [0, 0.05) is 6.20 Å². The standard InChI is InChI=1S/C12H18N4O6/c1-5(11(20)21)14-12-15-7(13)2-3-16(12)10-9(19)8(18)6(4-17)22-10/h2-3,5-6,8-10,17-19H,4H2,1H3,(H,20,21)(H2,13,14,15). The van der Waals surface area contributed by atoms with Crippen LogP contribution in [0.1, 0.15) is 13.2 Å². The number of aliphatic carboxylic acids is 1. The number of nitrogen functional groups attached to an aromatic ring is 1. The van der Waals surface area contributed by atoms with Gasteiger partial charge in [-0.2, -0.15) is 4.98 Å². The number of nitrogens with zero attached hydrogens (tertiary/aromatic N) is 3. The van der Waals surface area contributed by atoms with Crippen molar-refractivity contribution in [3.8, 4) is 0 Å². The van der Waals surface area contributed by atoms with E-state index < -0.39 is 43.2 Å². The molecule has 0 amide bonds. The number of hydrogen-bond donors (Lipinski definition) is 5. The van der Waals surface area contributed by atoms with E-state index in [-0.39, 0.29) is 11.4 Å². The lowest BCUT2D eigenvalue weighted by Gasteiger charge is -2.18. The summed E-state index contributed by atoms with van der Waals surface area (Å²) >= 11 is 0. The molecule has 6 N–H and O–H groups in total. The summed E-state index contributed by atoms with van der Waals surface area (Å²) in [6.45, 7) is 0.880. The summed E-state index contributed by atoms with van der Waals surface area (Å²) in [5, 5.41) is 37.8. The molecule has 1 saturated heterocycles. The Balaban J connectivity index is 2.46. The van der Waals surface area contributed by atoms with Gasteiger partial charge in [0.05, 0.1) is 6.61 Å². The zero-order valence-electron chi connectivity index (χ0n) is 11.8. The summed E-state index contributed by atoms with van der Waals surface area (Å²) in [6.07, 6.45) is -3.24. The molecule has 10 nitrogen and oxygen atoms in total. The Morgan fingerprint density at radius 1 is 1.55 bits per heavy atom. The number of hydrogen-bond acceptors (Lipinski definition) is 8. The average molecular weight is 314 g/mol. The molecule has 0 aromatic carbocycles. The van der Waals surface area contributed by atoms with Crippen molar-refractivity contribution < 1.29 is 30.0 Å². The largest absolute Gasteiger partial charge is 0.480 e. The van der Waals surface area contributed by atoms with Crippen molar-refractivity contribution in [1.29, 1.82) is 0 Å². The second kappa shape index (κ2) is 6.40. The molecule has 122 valence electrons. The first kappa shape index (κ1) is 16.4. The molecule has 2 rings (SSSR count). The fraction of sp³-hybridized carbons (Fsp3) is 0.583. The molecule has 5 atom stereocenters. The highest BCUT2D eigenvalue weighted by molar-refractivity contribution is 5.72. The molecule has 0 aliphatic carbocycles. The Kier molecular flexibility index (Phi) is 4.76. The van der Waals surface area contributed by atoms with E-state index >= 15 is 0 Å². The van der Waals surface area contributed by atoms with Gasteiger partial charge in [0.1, 0.15) is 30.2 Å². The first-order chi connectivity index (χ1) is 10.3. The lowest BCUT2D eigenvalue weighted by Crippen LogP contribution is -2.37. The molecule has 0 spiro atoms. The first-order valence-electron chi connectivity index (χ1n) is 6.59. The predicted molar refractivity (Wildman–Crippen MR) is 72.3 cm³/mol. The zero-order chi connectivity index (χ0) is 16.4. The van der Waals surface area contributed by atoms with Crippen molar-refractivity contribution in [3.05, 3.63) is 17.9 Å². The van der Waals surface area contributed by atoms with E-state index in [9.17, 15) is 15.0 Å². The van der Waals surface area contributed by atoms with E-state index in [0.717, 1.165) is 0 Å². The highest BCUT2D eigenvalue weighted by atomic mass is 16.6. The number of aliphatic hydroxyl groups is 3. The number of aliphatic hydroxyl groups excluding tert-OH is 3. The topological polar surface area (TPSA) is 163 Å². The summed E-state index contributed by atoms with van der Waals surface area (Å²) in [5.41, 5.74) is 5.50. The summed E-state index contributed by atoms with van der Waals surface area (Å²) in [5.74, 6) is -1.05. The third kappa shape index (κ3) is 3.09. The molecule has 5 unspecified atom stereocenters. The van der Waals surface area contributed by atoms with Crippen LogP contribution in [0.15, 0.2) is 17.3 Å². The van der Waals surface area contributed by atoms with Crippen molar-refractivity contribution in [2.24, 2.45) is 4.99 Å². The van der Waals surface area contributed by atoms with Crippen molar-refractivity contribution in [1.82, 2.24) is 9.55 Å². The Bertz CT molecular complexity index is 618. The fourth-order valence-corrected chi connectivity index (χ4v) is 2.07. The maximum absolute atomic E-state index is 10.9. The normalized spacial score (nSPS) is 30.5. The van der Waals surface area contributed by atoms with Gasteiger partial charge >= 0.3 is 5.97 Å². The van der Waals surface area contributed by atoms with Gasteiger partial charge in [-0.3, -0.25) is 4.57 Å². The smallest absolute Gasteiger partial charge is 0.328 e. The summed E-state index contributed by atoms with van der Waals surface area (Å²) in [7, 11) is 0. The summed E-state index contributed by atoms with van der Waals surface area (Å²) in [6, 6.07) is 0.330. The van der Waals surface area contributed by atoms with E-state index in [1.54, 1.807) is 0 Å². The minimum Gasteiger partial charge on any atom is -0.480 e. The van der Waals surface area contributed by atoms with Crippen LogP contribution in [0.2, 0.25) is 0 Å². The lowest BCUT2D eigenvalue weighted by atomic mass is 10.1. The Labute approximate surface area is 125 Å². The Hall–Kier alpha value is -2.01. The van der Waals surface area contributed by atoms with Crippen LogP contribution < -0.4 is 11.4 Å². The highest BCUT2D eigenvalue weighted by Gasteiger charge is 2.43. The van der Waals surface area contributed by atoms with E-state index in [2.05, 4.69) is 9.98 Å². The minimum absolute atomic E-state index is 0.0651. The molecule has 1 aliphatic heterocycles. The summed E-state index contributed by atoms with van der Waals surface area (Å²) in [4.78, 5) is 18.8. The van der Waals surface area contributed by atoms with E-state index in [1.165, 1.54) is 23.8 Å². The third-order valence-electron chi connectivity index (χ3n) is 3.32. The second-order valence-corrected chi connectivity index (χ2v) is 4.93. The molecule has 10 heteroatoms. The van der Waals surface area contributed by atoms with Gasteiger partial charge in [0.2, 0.25) is 5.62 Å². The van der Waals surface area contributed by atoms with Crippen molar-refractivity contribution >= 4 is 11.8 Å². The van der Waals surface area contributed by atoms with Crippen molar-refractivity contribution in [2.75, 3.05) is 12.3 Å². The third-order valence-corrected chi connectivity index (χ3v) is 3.32.